The van der Waals surface area contributed by atoms with Gasteiger partial charge in [0.2, 0.25) is 0 Å². The van der Waals surface area contributed by atoms with Gasteiger partial charge in [-0.05, 0) is 25.8 Å². The van der Waals surface area contributed by atoms with Crippen molar-refractivity contribution in [3.05, 3.63) is 27.2 Å². The zero-order valence-corrected chi connectivity index (χ0v) is 21.7. The van der Waals surface area contributed by atoms with E-state index in [0.717, 1.165) is 51.5 Å². The molecule has 0 spiro atoms. The summed E-state index contributed by atoms with van der Waals surface area (Å²) < 4.78 is 4.44. The first kappa shape index (κ1) is 28.9. The largest absolute Gasteiger partial charge is 0.384 e. The molecule has 2 rings (SSSR count). The first-order valence-corrected chi connectivity index (χ1v) is 13.1. The maximum Gasteiger partial charge on any atom is 0.332 e. The Balaban J connectivity index is 1.51. The second-order valence-corrected chi connectivity index (χ2v) is 9.54. The Morgan fingerprint density at radius 2 is 1.66 bits per heavy atom. The summed E-state index contributed by atoms with van der Waals surface area (Å²) in [7, 11) is 3.42. The van der Waals surface area contributed by atoms with E-state index in [9.17, 15) is 19.5 Å². The van der Waals surface area contributed by atoms with Crippen molar-refractivity contribution in [1.29, 1.82) is 0 Å². The predicted molar refractivity (Wildman–Crippen MR) is 139 cm³/mol. The summed E-state index contributed by atoms with van der Waals surface area (Å²) in [6.45, 7) is 3.64. The van der Waals surface area contributed by atoms with E-state index in [1.165, 1.54) is 28.4 Å². The number of unbranched alkanes of at least 4 members (excludes halogenated alkanes) is 8. The molecule has 0 radical (unpaired) electrons. The maximum absolute atomic E-state index is 12.7. The molecule has 198 valence electrons. The molecule has 0 aliphatic carbocycles. The minimum absolute atomic E-state index is 0.175. The summed E-state index contributed by atoms with van der Waals surface area (Å²) in [5.41, 5.74) is 6.21. The molecule has 10 nitrogen and oxygen atoms in total. The van der Waals surface area contributed by atoms with Crippen LogP contribution in [-0.4, -0.2) is 54.8 Å². The second kappa shape index (κ2) is 15.0. The molecule has 35 heavy (non-hydrogen) atoms. The summed E-state index contributed by atoms with van der Waals surface area (Å²) in [5, 5.41) is 13.1. The third-order valence-electron chi connectivity index (χ3n) is 6.55. The quantitative estimate of drug-likeness (QED) is 0.269. The van der Waals surface area contributed by atoms with E-state index in [2.05, 4.69) is 10.3 Å². The molecular formula is C25H44N6O4. The van der Waals surface area contributed by atoms with Crippen molar-refractivity contribution in [3.63, 3.8) is 0 Å². The van der Waals surface area contributed by atoms with Gasteiger partial charge in [-0.2, -0.15) is 0 Å². The summed E-state index contributed by atoms with van der Waals surface area (Å²) in [5.74, 6) is -0.175. The number of carbonyl (C=O) groups is 1. The molecule has 4 N–H and O–H groups in total. The average Bonchev–Trinajstić information content (AvgIpc) is 3.23. The Kier molecular flexibility index (Phi) is 12.4. The Hall–Kier alpha value is -2.30. The number of aliphatic hydroxyl groups excluding tert-OH is 1. The molecule has 2 aromatic heterocycles. The van der Waals surface area contributed by atoms with Gasteiger partial charge < -0.3 is 20.7 Å². The first-order chi connectivity index (χ1) is 16.8. The Labute approximate surface area is 207 Å². The van der Waals surface area contributed by atoms with Gasteiger partial charge in [-0.3, -0.25) is 18.7 Å². The number of aryl methyl sites for hydroxylation is 2. The van der Waals surface area contributed by atoms with Crippen molar-refractivity contribution in [2.45, 2.75) is 96.2 Å². The van der Waals surface area contributed by atoms with Crippen molar-refractivity contribution in [2.75, 3.05) is 13.1 Å². The third-order valence-corrected chi connectivity index (χ3v) is 6.55. The summed E-state index contributed by atoms with van der Waals surface area (Å²) in [6, 6.07) is -0.547. The van der Waals surface area contributed by atoms with Crippen molar-refractivity contribution >= 4 is 16.9 Å². The number of nitrogens with zero attached hydrogens (tertiary/aromatic N) is 4. The summed E-state index contributed by atoms with van der Waals surface area (Å²) >= 11 is 0. The number of nitrogens with one attached hydrogen (secondary N) is 1. The molecule has 0 aliphatic rings. The highest BCUT2D eigenvalue weighted by molar-refractivity contribution is 5.83. The van der Waals surface area contributed by atoms with Crippen molar-refractivity contribution < 1.29 is 9.90 Å². The van der Waals surface area contributed by atoms with Crippen LogP contribution in [0.5, 0.6) is 0 Å². The summed E-state index contributed by atoms with van der Waals surface area (Å²) in [6.07, 6.45) is 11.4. The molecule has 0 amide bonds. The van der Waals surface area contributed by atoms with Crippen molar-refractivity contribution in [1.82, 2.24) is 24.0 Å². The number of hydrogen-bond donors (Lipinski definition) is 3. The molecule has 0 saturated heterocycles. The third kappa shape index (κ3) is 8.40. The molecule has 0 aromatic carbocycles. The minimum atomic E-state index is -1.07. The SMILES string of the molecule is CCCC(=O)[C@@H](O)C(N)CNCCCCCCCCCCCn1c(=O)c2c(ncn2C)n(C)c1=O. The number of ketones is 1. The van der Waals surface area contributed by atoms with Crippen LogP contribution in [0.4, 0.5) is 0 Å². The fourth-order valence-electron chi connectivity index (χ4n) is 4.36. The molecule has 2 aromatic rings. The molecule has 0 aliphatic heterocycles. The maximum atomic E-state index is 12.7. The van der Waals surface area contributed by atoms with E-state index in [4.69, 9.17) is 5.73 Å². The Bertz CT molecular complexity index is 1040. The van der Waals surface area contributed by atoms with Gasteiger partial charge in [0.15, 0.2) is 16.9 Å². The topological polar surface area (TPSA) is 137 Å². The molecule has 10 heteroatoms. The standard InChI is InChI=1S/C25H44N6O4/c1-4-14-20(32)22(33)19(26)17-27-15-12-10-8-6-5-7-9-11-13-16-31-24(34)21-23(28-18-29(21)2)30(3)25(31)35/h18-19,22,27,33H,4-17,26H2,1-3H3/t19?,22-/m0/s1. The Morgan fingerprint density at radius 1 is 1.06 bits per heavy atom. The van der Waals surface area contributed by atoms with E-state index in [1.807, 2.05) is 6.92 Å². The highest BCUT2D eigenvalue weighted by Gasteiger charge is 2.21. The zero-order valence-electron chi connectivity index (χ0n) is 21.7. The van der Waals surface area contributed by atoms with Crippen LogP contribution in [-0.2, 0) is 25.4 Å². The summed E-state index contributed by atoms with van der Waals surface area (Å²) in [4.78, 5) is 41.0. The number of Topliss-reactive ketones (excluding diaryl/α,β-unsaturated/α-hetero) is 1. The number of hydrogen-bond acceptors (Lipinski definition) is 7. The van der Waals surface area contributed by atoms with Gasteiger partial charge in [0, 0.05) is 33.6 Å². The Morgan fingerprint density at radius 3 is 2.29 bits per heavy atom. The fraction of sp³-hybridized carbons (Fsp3) is 0.760. The lowest BCUT2D eigenvalue weighted by atomic mass is 10.0. The van der Waals surface area contributed by atoms with Gasteiger partial charge in [-0.1, -0.05) is 51.9 Å². The van der Waals surface area contributed by atoms with Crippen LogP contribution in [0.1, 0.15) is 77.6 Å². The number of aliphatic hydroxyl groups is 1. The molecule has 2 heterocycles. The molecule has 1 unspecified atom stereocenters. The normalized spacial score (nSPS) is 13.4. The van der Waals surface area contributed by atoms with Crippen LogP contribution in [0.15, 0.2) is 15.9 Å². The molecular weight excluding hydrogens is 448 g/mol. The van der Waals surface area contributed by atoms with Gasteiger partial charge in [0.25, 0.3) is 5.56 Å². The van der Waals surface area contributed by atoms with Crippen LogP contribution < -0.4 is 22.3 Å². The van der Waals surface area contributed by atoms with E-state index >= 15 is 0 Å². The number of fused-ring (bicyclic) bond motifs is 1. The van der Waals surface area contributed by atoms with Crippen LogP contribution in [0.25, 0.3) is 11.2 Å². The smallest absolute Gasteiger partial charge is 0.332 e. The average molecular weight is 493 g/mol. The van der Waals surface area contributed by atoms with E-state index in [0.29, 0.717) is 30.7 Å². The van der Waals surface area contributed by atoms with Crippen molar-refractivity contribution in [2.24, 2.45) is 19.8 Å². The second-order valence-electron chi connectivity index (χ2n) is 9.54. The predicted octanol–water partition coefficient (Wildman–Crippen LogP) is 1.59. The van der Waals surface area contributed by atoms with E-state index in [-0.39, 0.29) is 17.0 Å². The van der Waals surface area contributed by atoms with Gasteiger partial charge >= 0.3 is 5.69 Å². The number of nitrogens with two attached hydrogens (primary N) is 1. The zero-order chi connectivity index (χ0) is 25.8. The van der Waals surface area contributed by atoms with Crippen LogP contribution in [0, 0.1) is 0 Å². The minimum Gasteiger partial charge on any atom is -0.384 e. The lowest BCUT2D eigenvalue weighted by Gasteiger charge is -2.18. The molecule has 2 atom stereocenters. The van der Waals surface area contributed by atoms with E-state index < -0.39 is 12.1 Å². The van der Waals surface area contributed by atoms with Crippen LogP contribution >= 0.6 is 0 Å². The van der Waals surface area contributed by atoms with Gasteiger partial charge in [0.05, 0.1) is 12.4 Å². The number of imidazole rings is 1. The van der Waals surface area contributed by atoms with Crippen LogP contribution in [0.3, 0.4) is 0 Å². The lowest BCUT2D eigenvalue weighted by molar-refractivity contribution is -0.128. The first-order valence-electron chi connectivity index (χ1n) is 13.1. The molecule has 0 bridgehead atoms. The van der Waals surface area contributed by atoms with Crippen LogP contribution in [0.2, 0.25) is 0 Å². The monoisotopic (exact) mass is 492 g/mol. The van der Waals surface area contributed by atoms with Crippen molar-refractivity contribution in [3.8, 4) is 0 Å². The number of aromatic nitrogens is 4. The van der Waals surface area contributed by atoms with Gasteiger partial charge in [-0.15, -0.1) is 0 Å². The fourth-order valence-corrected chi connectivity index (χ4v) is 4.36. The lowest BCUT2D eigenvalue weighted by Crippen LogP contribution is -2.47. The molecule has 0 saturated carbocycles. The van der Waals surface area contributed by atoms with E-state index in [1.54, 1.807) is 25.0 Å². The van der Waals surface area contributed by atoms with Gasteiger partial charge in [-0.25, -0.2) is 9.78 Å². The number of rotatable bonds is 18. The van der Waals surface area contributed by atoms with Gasteiger partial charge in [0.1, 0.15) is 6.10 Å². The number of carbonyl (C=O) groups excluding carboxylic acids is 1. The molecule has 0 fully saturated rings. The highest BCUT2D eigenvalue weighted by Crippen LogP contribution is 2.10. The highest BCUT2D eigenvalue weighted by atomic mass is 16.3.